The molecule has 1 aliphatic rings. The number of thiophene rings is 1. The van der Waals surface area contributed by atoms with Gasteiger partial charge in [-0.15, -0.1) is 11.3 Å². The molecule has 1 fully saturated rings. The van der Waals surface area contributed by atoms with E-state index in [4.69, 9.17) is 9.72 Å². The van der Waals surface area contributed by atoms with Gasteiger partial charge in [0.05, 0.1) is 23.7 Å². The highest BCUT2D eigenvalue weighted by Crippen LogP contribution is 2.28. The molecule has 252 valence electrons. The summed E-state index contributed by atoms with van der Waals surface area (Å²) in [5.41, 5.74) is 3.34. The number of hydrogen-bond donors (Lipinski definition) is 2. The number of carbonyl (C=O) groups excluding carboxylic acids is 2. The van der Waals surface area contributed by atoms with E-state index in [2.05, 4.69) is 65.3 Å². The third kappa shape index (κ3) is 9.27. The lowest BCUT2D eigenvalue weighted by atomic mass is 10.0. The van der Waals surface area contributed by atoms with Gasteiger partial charge in [-0.05, 0) is 78.9 Å². The zero-order chi connectivity index (χ0) is 33.3. The van der Waals surface area contributed by atoms with E-state index < -0.39 is 6.04 Å². The van der Waals surface area contributed by atoms with E-state index in [1.54, 1.807) is 23.5 Å². The van der Waals surface area contributed by atoms with E-state index in [0.29, 0.717) is 50.2 Å². The van der Waals surface area contributed by atoms with Crippen molar-refractivity contribution >= 4 is 34.2 Å². The van der Waals surface area contributed by atoms with Crippen molar-refractivity contribution in [3.63, 3.8) is 0 Å². The third-order valence-corrected chi connectivity index (χ3v) is 9.82. The highest BCUT2D eigenvalue weighted by molar-refractivity contribution is 7.09. The van der Waals surface area contributed by atoms with Crippen LogP contribution in [0.4, 0.5) is 4.39 Å². The molecule has 0 spiro atoms. The zero-order valence-electron chi connectivity index (χ0n) is 28.0. The molecule has 0 aliphatic carbocycles. The van der Waals surface area contributed by atoms with Crippen LogP contribution in [0.25, 0.3) is 11.0 Å². The number of halogens is 1. The summed E-state index contributed by atoms with van der Waals surface area (Å²) in [6, 6.07) is 16.1. The van der Waals surface area contributed by atoms with Gasteiger partial charge in [0.1, 0.15) is 17.7 Å². The number of imidazole rings is 1. The number of aromatic nitrogens is 2. The SMILES string of the molecule is CCC(CC)n1c(Cc2cccs2)nc2cc(C(=O)NC(CCC(C)C)C(=O)NCC3CN(Cc4ccc(F)cc4)CCO3)ccc21. The molecule has 10 heteroatoms. The Morgan fingerprint density at radius 2 is 1.87 bits per heavy atom. The Hall–Kier alpha value is -3.60. The summed E-state index contributed by atoms with van der Waals surface area (Å²) in [6.45, 7) is 11.6. The monoisotopic (exact) mass is 661 g/mol. The lowest BCUT2D eigenvalue weighted by molar-refractivity contribution is -0.124. The molecule has 5 rings (SSSR count). The van der Waals surface area contributed by atoms with Crippen LogP contribution in [0, 0.1) is 11.7 Å². The van der Waals surface area contributed by atoms with Gasteiger partial charge in [-0.25, -0.2) is 9.37 Å². The Morgan fingerprint density at radius 3 is 2.57 bits per heavy atom. The van der Waals surface area contributed by atoms with Crippen LogP contribution in [-0.2, 0) is 22.5 Å². The predicted octanol–water partition coefficient (Wildman–Crippen LogP) is 6.74. The number of carbonyl (C=O) groups is 2. The normalized spacial score (nSPS) is 16.2. The number of fused-ring (bicyclic) bond motifs is 1. The van der Waals surface area contributed by atoms with Crippen LogP contribution in [0.2, 0.25) is 0 Å². The number of hydrogen-bond acceptors (Lipinski definition) is 6. The maximum atomic E-state index is 13.6. The second-order valence-electron chi connectivity index (χ2n) is 12.9. The van der Waals surface area contributed by atoms with Gasteiger partial charge in [0.2, 0.25) is 5.91 Å². The predicted molar refractivity (Wildman–Crippen MR) is 186 cm³/mol. The van der Waals surface area contributed by atoms with E-state index in [0.717, 1.165) is 54.6 Å². The van der Waals surface area contributed by atoms with Crippen LogP contribution in [0.1, 0.15) is 86.0 Å². The molecule has 47 heavy (non-hydrogen) atoms. The summed E-state index contributed by atoms with van der Waals surface area (Å²) in [5.74, 6) is 0.644. The second-order valence-corrected chi connectivity index (χ2v) is 14.0. The summed E-state index contributed by atoms with van der Waals surface area (Å²) in [7, 11) is 0. The Balaban J connectivity index is 1.25. The van der Waals surface area contributed by atoms with Gasteiger partial charge < -0.3 is 19.9 Å². The summed E-state index contributed by atoms with van der Waals surface area (Å²) in [6.07, 6.45) is 3.89. The minimum absolute atomic E-state index is 0.175. The van der Waals surface area contributed by atoms with Crippen LogP contribution >= 0.6 is 11.3 Å². The molecule has 2 unspecified atom stereocenters. The first-order chi connectivity index (χ1) is 22.7. The largest absolute Gasteiger partial charge is 0.374 e. The molecule has 1 saturated heterocycles. The summed E-state index contributed by atoms with van der Waals surface area (Å²) in [4.78, 5) is 35.6. The second kappa shape index (κ2) is 16.5. The van der Waals surface area contributed by atoms with Crippen LogP contribution in [0.3, 0.4) is 0 Å². The number of nitrogens with zero attached hydrogens (tertiary/aromatic N) is 3. The molecule has 2 aromatic carbocycles. The lowest BCUT2D eigenvalue weighted by Crippen LogP contribution is -2.51. The quantitative estimate of drug-likeness (QED) is 0.147. The van der Waals surface area contributed by atoms with Crippen molar-refractivity contribution in [1.82, 2.24) is 25.1 Å². The molecule has 3 heterocycles. The average molecular weight is 662 g/mol. The number of nitrogens with one attached hydrogen (secondary N) is 2. The van der Waals surface area contributed by atoms with E-state index in [-0.39, 0.29) is 23.7 Å². The third-order valence-electron chi connectivity index (χ3n) is 8.95. The summed E-state index contributed by atoms with van der Waals surface area (Å²) in [5, 5.41) is 8.15. The molecule has 0 saturated carbocycles. The van der Waals surface area contributed by atoms with Gasteiger partial charge in [-0.2, -0.15) is 0 Å². The van der Waals surface area contributed by atoms with Crippen LogP contribution < -0.4 is 10.6 Å². The fourth-order valence-corrected chi connectivity index (χ4v) is 6.99. The van der Waals surface area contributed by atoms with Crippen molar-refractivity contribution in [3.8, 4) is 0 Å². The van der Waals surface area contributed by atoms with Crippen molar-refractivity contribution in [1.29, 1.82) is 0 Å². The molecule has 0 bridgehead atoms. The number of benzene rings is 2. The van der Waals surface area contributed by atoms with Crippen LogP contribution in [0.5, 0.6) is 0 Å². The van der Waals surface area contributed by atoms with Gasteiger partial charge in [0.15, 0.2) is 0 Å². The van der Waals surface area contributed by atoms with Crippen LogP contribution in [0.15, 0.2) is 60.0 Å². The standard InChI is InChI=1S/C37H48FN5O3S/c1-5-29(6-2)43-34-16-12-27(20-33(34)40-35(43)21-31-8-7-19-47-31)36(44)41-32(15-9-25(3)4)37(45)39-22-30-24-42(17-18-46-30)23-26-10-13-28(38)14-11-26/h7-8,10-14,16,19-20,25,29-30,32H,5-6,9,15,17-18,21-24H2,1-4H3,(H,39,45)(H,41,44). The molecule has 2 N–H and O–H groups in total. The molecule has 2 atom stereocenters. The Bertz CT molecular complexity index is 1600. The Labute approximate surface area is 281 Å². The number of ether oxygens (including phenoxy) is 1. The Morgan fingerprint density at radius 1 is 1.09 bits per heavy atom. The van der Waals surface area contributed by atoms with Gasteiger partial charge in [-0.1, -0.05) is 45.9 Å². The minimum atomic E-state index is -0.670. The molecule has 4 aromatic rings. The molecule has 0 radical (unpaired) electrons. The van der Waals surface area contributed by atoms with Gasteiger partial charge in [-0.3, -0.25) is 14.5 Å². The molecule has 2 amide bonds. The van der Waals surface area contributed by atoms with E-state index in [1.807, 2.05) is 18.2 Å². The first-order valence-electron chi connectivity index (χ1n) is 16.9. The first-order valence-corrected chi connectivity index (χ1v) is 17.8. The molecule has 1 aliphatic heterocycles. The maximum Gasteiger partial charge on any atom is 0.252 e. The first kappa shape index (κ1) is 34.7. The smallest absolute Gasteiger partial charge is 0.252 e. The Kier molecular flexibility index (Phi) is 12.2. The molecular formula is C37H48FN5O3S. The van der Waals surface area contributed by atoms with Crippen molar-refractivity contribution in [2.24, 2.45) is 5.92 Å². The maximum absolute atomic E-state index is 13.6. The topological polar surface area (TPSA) is 88.5 Å². The molecular weight excluding hydrogens is 614 g/mol. The highest BCUT2D eigenvalue weighted by atomic mass is 32.1. The van der Waals surface area contributed by atoms with Crippen molar-refractivity contribution in [2.75, 3.05) is 26.2 Å². The minimum Gasteiger partial charge on any atom is -0.374 e. The lowest BCUT2D eigenvalue weighted by Gasteiger charge is -2.33. The van der Waals surface area contributed by atoms with E-state index in [1.165, 1.54) is 17.0 Å². The van der Waals surface area contributed by atoms with E-state index in [9.17, 15) is 14.0 Å². The van der Waals surface area contributed by atoms with Crippen molar-refractivity contribution in [3.05, 3.63) is 87.6 Å². The highest BCUT2D eigenvalue weighted by Gasteiger charge is 2.26. The van der Waals surface area contributed by atoms with E-state index >= 15 is 0 Å². The van der Waals surface area contributed by atoms with Crippen molar-refractivity contribution in [2.45, 2.75) is 84.5 Å². The van der Waals surface area contributed by atoms with Crippen LogP contribution in [-0.4, -0.2) is 64.7 Å². The zero-order valence-corrected chi connectivity index (χ0v) is 28.8. The fourth-order valence-electron chi connectivity index (χ4n) is 6.29. The molecule has 8 nitrogen and oxygen atoms in total. The average Bonchev–Trinajstić information content (AvgIpc) is 3.71. The number of rotatable bonds is 15. The van der Waals surface area contributed by atoms with Gasteiger partial charge >= 0.3 is 0 Å². The number of morpholine rings is 1. The van der Waals surface area contributed by atoms with Crippen molar-refractivity contribution < 1.29 is 18.7 Å². The fraction of sp³-hybridized carbons (Fsp3) is 0.486. The van der Waals surface area contributed by atoms with Gasteiger partial charge in [0.25, 0.3) is 5.91 Å². The summed E-state index contributed by atoms with van der Waals surface area (Å²) >= 11 is 1.72. The summed E-state index contributed by atoms with van der Waals surface area (Å²) < 4.78 is 21.6. The number of amides is 2. The molecule has 2 aromatic heterocycles. The van der Waals surface area contributed by atoms with Gasteiger partial charge in [0, 0.05) is 49.1 Å².